The van der Waals surface area contributed by atoms with Crippen molar-refractivity contribution in [2.75, 3.05) is 5.32 Å². The van der Waals surface area contributed by atoms with E-state index in [-0.39, 0.29) is 4.90 Å². The van der Waals surface area contributed by atoms with Gasteiger partial charge in [0.25, 0.3) is 0 Å². The molecule has 0 aliphatic heterocycles. The third-order valence-electron chi connectivity index (χ3n) is 3.42. The lowest BCUT2D eigenvalue weighted by Crippen LogP contribution is -2.12. The van der Waals surface area contributed by atoms with E-state index in [2.05, 4.69) is 10.3 Å². The van der Waals surface area contributed by atoms with Crippen molar-refractivity contribution in [3.63, 3.8) is 0 Å². The summed E-state index contributed by atoms with van der Waals surface area (Å²) in [5, 5.41) is 9.71. The van der Waals surface area contributed by atoms with Crippen molar-refractivity contribution in [1.29, 1.82) is 0 Å². The second-order valence-electron chi connectivity index (χ2n) is 5.05. The summed E-state index contributed by atoms with van der Waals surface area (Å²) in [6.45, 7) is 0.478. The predicted molar refractivity (Wildman–Crippen MR) is 91.9 cm³/mol. The Morgan fingerprint density at radius 2 is 1.78 bits per heavy atom. The van der Waals surface area contributed by atoms with Gasteiger partial charge in [0.2, 0.25) is 10.0 Å². The zero-order valence-electron chi connectivity index (χ0n) is 12.0. The molecule has 2 aromatic carbocycles. The Labute approximate surface area is 139 Å². The molecule has 23 heavy (non-hydrogen) atoms. The number of aromatic nitrogens is 1. The molecule has 1 heterocycles. The molecule has 0 saturated carbocycles. The van der Waals surface area contributed by atoms with Crippen molar-refractivity contribution < 1.29 is 8.42 Å². The van der Waals surface area contributed by atoms with Gasteiger partial charge in [-0.05, 0) is 36.4 Å². The number of nitrogens with two attached hydrogens (primary N) is 1. The van der Waals surface area contributed by atoms with Crippen LogP contribution in [0.3, 0.4) is 0 Å². The van der Waals surface area contributed by atoms with Gasteiger partial charge in [-0.15, -0.1) is 0 Å². The molecule has 3 aromatic rings. The molecule has 0 aliphatic rings. The van der Waals surface area contributed by atoms with Crippen molar-refractivity contribution in [1.82, 2.24) is 4.98 Å². The Bertz CT molecular complexity index is 957. The van der Waals surface area contributed by atoms with Crippen LogP contribution >= 0.6 is 11.6 Å². The number of hydrogen-bond donors (Lipinski definition) is 2. The topological polar surface area (TPSA) is 85.1 Å². The molecule has 0 saturated heterocycles. The van der Waals surface area contributed by atoms with Crippen molar-refractivity contribution in [3.8, 4) is 0 Å². The molecule has 1 aromatic heterocycles. The predicted octanol–water partition coefficient (Wildman–Crippen LogP) is 3.15. The Kier molecular flexibility index (Phi) is 4.21. The normalized spacial score (nSPS) is 11.6. The molecule has 0 aliphatic carbocycles. The molecule has 118 valence electrons. The van der Waals surface area contributed by atoms with E-state index in [1.807, 2.05) is 30.3 Å². The van der Waals surface area contributed by atoms with E-state index in [9.17, 15) is 8.42 Å². The van der Waals surface area contributed by atoms with Crippen LogP contribution in [0.15, 0.2) is 59.5 Å². The van der Waals surface area contributed by atoms with Gasteiger partial charge in [0.15, 0.2) is 0 Å². The summed E-state index contributed by atoms with van der Waals surface area (Å²) in [5.74, 6) is 0. The van der Waals surface area contributed by atoms with E-state index in [1.165, 1.54) is 12.1 Å². The maximum Gasteiger partial charge on any atom is 0.238 e. The fourth-order valence-electron chi connectivity index (χ4n) is 2.22. The summed E-state index contributed by atoms with van der Waals surface area (Å²) in [6, 6.07) is 15.9. The lowest BCUT2D eigenvalue weighted by Gasteiger charge is -2.09. The quantitative estimate of drug-likeness (QED) is 0.710. The van der Waals surface area contributed by atoms with E-state index in [0.717, 1.165) is 22.2 Å². The number of halogens is 1. The second kappa shape index (κ2) is 6.16. The standard InChI is InChI=1S/C16H14ClN3O2S/c17-16-12(9-11-3-1-2-4-15(11)20-16)10-19-13-5-7-14(8-6-13)23(18,21)22/h1-9,19H,10H2,(H2,18,21,22). The number of nitrogens with zero attached hydrogens (tertiary/aromatic N) is 1. The largest absolute Gasteiger partial charge is 0.381 e. The Morgan fingerprint density at radius 1 is 1.09 bits per heavy atom. The van der Waals surface area contributed by atoms with Gasteiger partial charge in [-0.1, -0.05) is 29.8 Å². The summed E-state index contributed by atoms with van der Waals surface area (Å²) < 4.78 is 22.4. The van der Waals surface area contributed by atoms with Crippen LogP contribution in [0.4, 0.5) is 5.69 Å². The molecule has 0 unspecified atom stereocenters. The highest BCUT2D eigenvalue weighted by molar-refractivity contribution is 7.89. The fraction of sp³-hybridized carbons (Fsp3) is 0.0625. The molecule has 0 fully saturated rings. The van der Waals surface area contributed by atoms with Crippen molar-refractivity contribution in [2.24, 2.45) is 5.14 Å². The van der Waals surface area contributed by atoms with Crippen LogP contribution in [0.1, 0.15) is 5.56 Å². The SMILES string of the molecule is NS(=O)(=O)c1ccc(NCc2cc3ccccc3nc2Cl)cc1. The molecule has 0 spiro atoms. The van der Waals surface area contributed by atoms with Crippen molar-refractivity contribution in [3.05, 3.63) is 65.3 Å². The van der Waals surface area contributed by atoms with Crippen LogP contribution in [0.25, 0.3) is 10.9 Å². The average molecular weight is 348 g/mol. The summed E-state index contributed by atoms with van der Waals surface area (Å²) in [6.07, 6.45) is 0. The first kappa shape index (κ1) is 15.7. The van der Waals surface area contributed by atoms with Gasteiger partial charge < -0.3 is 5.32 Å². The van der Waals surface area contributed by atoms with Crippen LogP contribution in [-0.2, 0) is 16.6 Å². The smallest absolute Gasteiger partial charge is 0.238 e. The van der Waals surface area contributed by atoms with Gasteiger partial charge >= 0.3 is 0 Å². The summed E-state index contributed by atoms with van der Waals surface area (Å²) in [5.41, 5.74) is 2.47. The summed E-state index contributed by atoms with van der Waals surface area (Å²) in [7, 11) is -3.68. The molecule has 0 bridgehead atoms. The first-order valence-electron chi connectivity index (χ1n) is 6.84. The summed E-state index contributed by atoms with van der Waals surface area (Å²) in [4.78, 5) is 4.44. The highest BCUT2D eigenvalue weighted by Crippen LogP contribution is 2.22. The van der Waals surface area contributed by atoms with Gasteiger partial charge in [0, 0.05) is 23.2 Å². The zero-order valence-corrected chi connectivity index (χ0v) is 13.6. The first-order valence-corrected chi connectivity index (χ1v) is 8.77. The minimum absolute atomic E-state index is 0.0773. The van der Waals surface area contributed by atoms with Crippen LogP contribution in [0.5, 0.6) is 0 Å². The lowest BCUT2D eigenvalue weighted by molar-refractivity contribution is 0.598. The van der Waals surface area contributed by atoms with E-state index in [4.69, 9.17) is 16.7 Å². The number of benzene rings is 2. The number of nitrogens with one attached hydrogen (secondary N) is 1. The number of rotatable bonds is 4. The van der Waals surface area contributed by atoms with Gasteiger partial charge in [0.05, 0.1) is 10.4 Å². The van der Waals surface area contributed by atoms with Crippen LogP contribution < -0.4 is 10.5 Å². The third kappa shape index (κ3) is 3.61. The second-order valence-corrected chi connectivity index (χ2v) is 6.97. The molecule has 0 radical (unpaired) electrons. The molecular formula is C16H14ClN3O2S. The third-order valence-corrected chi connectivity index (χ3v) is 4.67. The summed E-state index contributed by atoms with van der Waals surface area (Å²) >= 11 is 6.21. The minimum Gasteiger partial charge on any atom is -0.381 e. The van der Waals surface area contributed by atoms with E-state index in [1.54, 1.807) is 12.1 Å². The average Bonchev–Trinajstić information content (AvgIpc) is 2.52. The maximum absolute atomic E-state index is 11.2. The van der Waals surface area contributed by atoms with Crippen LogP contribution in [0, 0.1) is 0 Å². The molecule has 3 N–H and O–H groups in total. The van der Waals surface area contributed by atoms with Gasteiger partial charge in [-0.25, -0.2) is 18.5 Å². The van der Waals surface area contributed by atoms with Gasteiger partial charge in [-0.2, -0.15) is 0 Å². The molecule has 3 rings (SSSR count). The molecule has 0 atom stereocenters. The minimum atomic E-state index is -3.68. The van der Waals surface area contributed by atoms with E-state index in [0.29, 0.717) is 11.7 Å². The Hall–Kier alpha value is -2.15. The molecule has 0 amide bonds. The lowest BCUT2D eigenvalue weighted by atomic mass is 10.1. The maximum atomic E-state index is 11.2. The van der Waals surface area contributed by atoms with Crippen LogP contribution in [0.2, 0.25) is 5.15 Å². The monoisotopic (exact) mass is 347 g/mol. The highest BCUT2D eigenvalue weighted by atomic mass is 35.5. The number of fused-ring (bicyclic) bond motifs is 1. The molecular weight excluding hydrogens is 334 g/mol. The molecule has 5 nitrogen and oxygen atoms in total. The number of hydrogen-bond acceptors (Lipinski definition) is 4. The number of para-hydroxylation sites is 1. The van der Waals surface area contributed by atoms with E-state index < -0.39 is 10.0 Å². The highest BCUT2D eigenvalue weighted by Gasteiger charge is 2.08. The van der Waals surface area contributed by atoms with Gasteiger partial charge in [-0.3, -0.25) is 0 Å². The van der Waals surface area contributed by atoms with Crippen LogP contribution in [-0.4, -0.2) is 13.4 Å². The number of sulfonamides is 1. The Balaban J connectivity index is 1.79. The fourth-order valence-corrected chi connectivity index (χ4v) is 2.95. The first-order chi connectivity index (χ1) is 10.9. The number of primary sulfonamides is 1. The zero-order chi connectivity index (χ0) is 16.4. The number of pyridine rings is 1. The molecule has 7 heteroatoms. The Morgan fingerprint density at radius 3 is 2.48 bits per heavy atom. The van der Waals surface area contributed by atoms with Crippen molar-refractivity contribution >= 4 is 38.2 Å². The van der Waals surface area contributed by atoms with E-state index >= 15 is 0 Å². The van der Waals surface area contributed by atoms with Gasteiger partial charge in [0.1, 0.15) is 5.15 Å². The number of anilines is 1. The van der Waals surface area contributed by atoms with Crippen molar-refractivity contribution in [2.45, 2.75) is 11.4 Å².